The number of amides is 1. The van der Waals surface area contributed by atoms with Gasteiger partial charge >= 0.3 is 0 Å². The first kappa shape index (κ1) is 17.7. The van der Waals surface area contributed by atoms with Crippen LogP contribution >= 0.6 is 31.9 Å². The van der Waals surface area contributed by atoms with Crippen LogP contribution in [0.4, 0.5) is 5.69 Å². The van der Waals surface area contributed by atoms with Crippen LogP contribution in [0.15, 0.2) is 75.7 Å². The predicted molar refractivity (Wildman–Crippen MR) is 108 cm³/mol. The van der Waals surface area contributed by atoms with Crippen molar-refractivity contribution in [2.45, 2.75) is 0 Å². The maximum absolute atomic E-state index is 12.8. The van der Waals surface area contributed by atoms with E-state index in [9.17, 15) is 4.79 Å². The molecule has 1 amide bonds. The summed E-state index contributed by atoms with van der Waals surface area (Å²) in [6.45, 7) is 0. The van der Waals surface area contributed by atoms with Gasteiger partial charge in [-0.3, -0.25) is 4.79 Å². The number of benzene rings is 3. The number of rotatable bonds is 4. The van der Waals surface area contributed by atoms with Crippen molar-refractivity contribution in [3.63, 3.8) is 0 Å². The molecule has 3 aromatic carbocycles. The van der Waals surface area contributed by atoms with Crippen molar-refractivity contribution >= 4 is 43.5 Å². The van der Waals surface area contributed by atoms with E-state index in [0.717, 1.165) is 21.3 Å². The van der Waals surface area contributed by atoms with E-state index in [1.807, 2.05) is 60.7 Å². The van der Waals surface area contributed by atoms with E-state index >= 15 is 0 Å². The Morgan fingerprint density at radius 1 is 0.960 bits per heavy atom. The molecular formula is C20H15Br2NO2. The van der Waals surface area contributed by atoms with E-state index in [-0.39, 0.29) is 5.91 Å². The van der Waals surface area contributed by atoms with Gasteiger partial charge in [0.1, 0.15) is 5.75 Å². The first-order valence-electron chi connectivity index (χ1n) is 7.59. The number of ether oxygens (including phenoxy) is 1. The van der Waals surface area contributed by atoms with E-state index in [1.165, 1.54) is 0 Å². The molecule has 126 valence electrons. The highest BCUT2D eigenvalue weighted by atomic mass is 79.9. The van der Waals surface area contributed by atoms with E-state index in [0.29, 0.717) is 15.8 Å². The van der Waals surface area contributed by atoms with Gasteiger partial charge in [0.25, 0.3) is 5.91 Å². The van der Waals surface area contributed by atoms with Crippen molar-refractivity contribution in [3.05, 3.63) is 81.2 Å². The number of halogens is 2. The van der Waals surface area contributed by atoms with Crippen molar-refractivity contribution in [2.75, 3.05) is 12.4 Å². The monoisotopic (exact) mass is 459 g/mol. The lowest BCUT2D eigenvalue weighted by Gasteiger charge is -2.14. The third-order valence-electron chi connectivity index (χ3n) is 3.72. The van der Waals surface area contributed by atoms with Gasteiger partial charge in [0, 0.05) is 15.7 Å². The summed E-state index contributed by atoms with van der Waals surface area (Å²) in [5.74, 6) is 0.264. The van der Waals surface area contributed by atoms with E-state index in [2.05, 4.69) is 37.2 Å². The van der Waals surface area contributed by atoms with E-state index in [1.54, 1.807) is 13.2 Å². The number of carbonyl (C=O) groups is 1. The molecule has 3 aromatic rings. The maximum Gasteiger partial charge on any atom is 0.259 e. The molecule has 0 heterocycles. The fourth-order valence-corrected chi connectivity index (χ4v) is 3.97. The van der Waals surface area contributed by atoms with Crippen molar-refractivity contribution in [2.24, 2.45) is 0 Å². The quantitative estimate of drug-likeness (QED) is 0.507. The molecule has 0 fully saturated rings. The topological polar surface area (TPSA) is 38.3 Å². The van der Waals surface area contributed by atoms with Crippen LogP contribution in [0.1, 0.15) is 10.4 Å². The summed E-state index contributed by atoms with van der Waals surface area (Å²) in [6, 6.07) is 21.3. The molecule has 25 heavy (non-hydrogen) atoms. The fourth-order valence-electron chi connectivity index (χ4n) is 2.59. The Morgan fingerprint density at radius 2 is 1.64 bits per heavy atom. The first-order valence-corrected chi connectivity index (χ1v) is 9.17. The second-order valence-electron chi connectivity index (χ2n) is 5.33. The van der Waals surface area contributed by atoms with Gasteiger partial charge in [0.2, 0.25) is 0 Å². The number of methoxy groups -OCH3 is 1. The second-order valence-corrected chi connectivity index (χ2v) is 7.10. The Hall–Kier alpha value is -2.11. The fraction of sp³-hybridized carbons (Fsp3) is 0.0500. The Balaban J connectivity index is 1.98. The van der Waals surface area contributed by atoms with Crippen molar-refractivity contribution in [1.82, 2.24) is 0 Å². The Kier molecular flexibility index (Phi) is 5.56. The van der Waals surface area contributed by atoms with Crippen molar-refractivity contribution in [1.29, 1.82) is 0 Å². The van der Waals surface area contributed by atoms with Crippen LogP contribution in [0, 0.1) is 0 Å². The predicted octanol–water partition coefficient (Wildman–Crippen LogP) is 6.14. The minimum Gasteiger partial charge on any atom is -0.495 e. The average Bonchev–Trinajstić information content (AvgIpc) is 2.62. The lowest BCUT2D eigenvalue weighted by molar-refractivity contribution is 0.102. The minimum atomic E-state index is -0.234. The molecule has 3 rings (SSSR count). The molecule has 0 unspecified atom stereocenters. The highest BCUT2D eigenvalue weighted by molar-refractivity contribution is 9.11. The Morgan fingerprint density at radius 3 is 2.36 bits per heavy atom. The van der Waals surface area contributed by atoms with Gasteiger partial charge in [-0.15, -0.1) is 0 Å². The molecule has 0 radical (unpaired) electrons. The first-order chi connectivity index (χ1) is 12.1. The van der Waals surface area contributed by atoms with Gasteiger partial charge in [-0.2, -0.15) is 0 Å². The highest BCUT2D eigenvalue weighted by Gasteiger charge is 2.17. The third kappa shape index (κ3) is 3.94. The number of hydrogen-bond acceptors (Lipinski definition) is 2. The van der Waals surface area contributed by atoms with Crippen LogP contribution in [0.25, 0.3) is 11.1 Å². The van der Waals surface area contributed by atoms with Gasteiger partial charge in [0.15, 0.2) is 0 Å². The molecule has 0 aliphatic rings. The maximum atomic E-state index is 12.8. The molecule has 0 saturated heterocycles. The second kappa shape index (κ2) is 7.85. The van der Waals surface area contributed by atoms with Crippen molar-refractivity contribution < 1.29 is 9.53 Å². The molecule has 1 N–H and O–H groups in total. The SMILES string of the molecule is COc1c(Br)cc(Br)cc1C(=O)Nc1ccccc1-c1ccccc1. The summed E-state index contributed by atoms with van der Waals surface area (Å²) < 4.78 is 6.88. The number of anilines is 1. The standard InChI is InChI=1S/C20H15Br2NO2/c1-25-19-16(11-14(21)12-17(19)22)20(24)23-18-10-6-5-9-15(18)13-7-3-2-4-8-13/h2-12H,1H3,(H,23,24). The molecular weight excluding hydrogens is 446 g/mol. The summed E-state index contributed by atoms with van der Waals surface area (Å²) in [5.41, 5.74) is 3.20. The van der Waals surface area contributed by atoms with Crippen LogP contribution in [0.5, 0.6) is 5.75 Å². The highest BCUT2D eigenvalue weighted by Crippen LogP contribution is 2.34. The molecule has 0 saturated carbocycles. The van der Waals surface area contributed by atoms with Crippen LogP contribution in [-0.4, -0.2) is 13.0 Å². The number of hydrogen-bond donors (Lipinski definition) is 1. The minimum absolute atomic E-state index is 0.234. The molecule has 3 nitrogen and oxygen atoms in total. The van der Waals surface area contributed by atoms with Gasteiger partial charge in [0.05, 0.1) is 17.1 Å². The molecule has 5 heteroatoms. The number of carbonyl (C=O) groups excluding carboxylic acids is 1. The Bertz CT molecular complexity index is 911. The Labute approximate surface area is 163 Å². The lowest BCUT2D eigenvalue weighted by atomic mass is 10.0. The van der Waals surface area contributed by atoms with Crippen LogP contribution in [0.3, 0.4) is 0 Å². The van der Waals surface area contributed by atoms with E-state index in [4.69, 9.17) is 4.74 Å². The zero-order valence-corrected chi connectivity index (χ0v) is 16.6. The zero-order chi connectivity index (χ0) is 17.8. The summed E-state index contributed by atoms with van der Waals surface area (Å²) >= 11 is 6.84. The normalized spacial score (nSPS) is 10.4. The summed E-state index contributed by atoms with van der Waals surface area (Å²) in [6.07, 6.45) is 0. The number of para-hydroxylation sites is 1. The van der Waals surface area contributed by atoms with Gasteiger partial charge in [-0.05, 0) is 39.7 Å². The van der Waals surface area contributed by atoms with Crippen LogP contribution in [0.2, 0.25) is 0 Å². The van der Waals surface area contributed by atoms with Crippen LogP contribution in [-0.2, 0) is 0 Å². The molecule has 0 aliphatic heterocycles. The zero-order valence-electron chi connectivity index (χ0n) is 13.4. The molecule has 0 spiro atoms. The summed E-state index contributed by atoms with van der Waals surface area (Å²) in [5, 5.41) is 2.99. The largest absolute Gasteiger partial charge is 0.495 e. The van der Waals surface area contributed by atoms with E-state index < -0.39 is 0 Å². The third-order valence-corrected chi connectivity index (χ3v) is 4.76. The van der Waals surface area contributed by atoms with Gasteiger partial charge in [-0.1, -0.05) is 64.5 Å². The molecule has 0 atom stereocenters. The summed E-state index contributed by atoms with van der Waals surface area (Å²) in [7, 11) is 1.54. The van der Waals surface area contributed by atoms with Gasteiger partial charge in [-0.25, -0.2) is 0 Å². The molecule has 0 aliphatic carbocycles. The lowest BCUT2D eigenvalue weighted by Crippen LogP contribution is -2.14. The molecule has 0 aromatic heterocycles. The van der Waals surface area contributed by atoms with Gasteiger partial charge < -0.3 is 10.1 Å². The summed E-state index contributed by atoms with van der Waals surface area (Å²) in [4.78, 5) is 12.8. The van der Waals surface area contributed by atoms with Crippen molar-refractivity contribution in [3.8, 4) is 16.9 Å². The smallest absolute Gasteiger partial charge is 0.259 e. The number of nitrogens with one attached hydrogen (secondary N) is 1. The van der Waals surface area contributed by atoms with Crippen LogP contribution < -0.4 is 10.1 Å². The molecule has 0 bridgehead atoms. The average molecular weight is 461 g/mol.